The summed E-state index contributed by atoms with van der Waals surface area (Å²) in [6.07, 6.45) is 1.27. The molecule has 0 aliphatic carbocycles. The molecule has 0 saturated heterocycles. The van der Waals surface area contributed by atoms with Gasteiger partial charge in [0.2, 0.25) is 5.91 Å². The number of ketones is 1. The average molecular weight is 279 g/mol. The van der Waals surface area contributed by atoms with Gasteiger partial charge in [-0.15, -0.1) is 0 Å². The van der Waals surface area contributed by atoms with Gasteiger partial charge in [0.05, 0.1) is 11.3 Å². The predicted octanol–water partition coefficient (Wildman–Crippen LogP) is 0.515. The highest BCUT2D eigenvalue weighted by Crippen LogP contribution is 2.29. The molecular weight excluding hydrogens is 265 g/mol. The van der Waals surface area contributed by atoms with Crippen LogP contribution in [0.15, 0.2) is 18.2 Å². The van der Waals surface area contributed by atoms with Gasteiger partial charge in [0.15, 0.2) is 0 Å². The number of hydrogen-bond donors (Lipinski definition) is 2. The van der Waals surface area contributed by atoms with E-state index >= 15 is 0 Å². The monoisotopic (exact) mass is 279 g/mol. The average Bonchev–Trinajstić information content (AvgIpc) is 2.67. The van der Waals surface area contributed by atoms with E-state index in [1.807, 2.05) is 5.43 Å². The summed E-state index contributed by atoms with van der Waals surface area (Å²) in [6, 6.07) is 3.64. The van der Waals surface area contributed by atoms with Gasteiger partial charge < -0.3 is 4.90 Å². The minimum atomic E-state index is -0.658. The Hall–Kier alpha value is -2.28. The van der Waals surface area contributed by atoms with Crippen LogP contribution in [0, 0.1) is 5.82 Å². The van der Waals surface area contributed by atoms with Gasteiger partial charge in [-0.25, -0.2) is 10.2 Å². The fraction of sp³-hybridized carbons (Fsp3) is 0.308. The lowest BCUT2D eigenvalue weighted by atomic mass is 10.1. The van der Waals surface area contributed by atoms with Crippen LogP contribution in [-0.2, 0) is 9.59 Å². The fourth-order valence-electron chi connectivity index (χ4n) is 2.12. The Kier molecular flexibility index (Phi) is 4.09. The number of fused-ring (bicyclic) bond motifs is 1. The topological polar surface area (TPSA) is 92.5 Å². The van der Waals surface area contributed by atoms with Gasteiger partial charge in [-0.3, -0.25) is 19.8 Å². The molecule has 2 amide bonds. The van der Waals surface area contributed by atoms with Crippen molar-refractivity contribution in [3.05, 3.63) is 29.6 Å². The first-order chi connectivity index (χ1) is 9.54. The second kappa shape index (κ2) is 5.79. The van der Waals surface area contributed by atoms with Crippen molar-refractivity contribution in [3.63, 3.8) is 0 Å². The third-order valence-electron chi connectivity index (χ3n) is 3.13. The maximum absolute atomic E-state index is 13.2. The molecule has 1 aliphatic rings. The number of halogens is 1. The number of Topliss-reactive ketones (excluding diaryl/α,β-unsaturated/α-hetero) is 1. The molecule has 0 bridgehead atoms. The lowest BCUT2D eigenvalue weighted by Crippen LogP contribution is -2.32. The van der Waals surface area contributed by atoms with E-state index in [1.54, 1.807) is 0 Å². The maximum Gasteiger partial charge on any atom is 0.299 e. The van der Waals surface area contributed by atoms with Crippen LogP contribution in [0.2, 0.25) is 0 Å². The van der Waals surface area contributed by atoms with Gasteiger partial charge >= 0.3 is 0 Å². The Morgan fingerprint density at radius 2 is 2.05 bits per heavy atom. The zero-order valence-corrected chi connectivity index (χ0v) is 10.7. The molecule has 0 unspecified atom stereocenters. The highest BCUT2D eigenvalue weighted by molar-refractivity contribution is 6.52. The Morgan fingerprint density at radius 1 is 1.30 bits per heavy atom. The van der Waals surface area contributed by atoms with Crippen molar-refractivity contribution in [2.45, 2.75) is 19.3 Å². The van der Waals surface area contributed by atoms with Gasteiger partial charge in [-0.05, 0) is 31.0 Å². The summed E-state index contributed by atoms with van der Waals surface area (Å²) in [4.78, 5) is 35.7. The number of carbonyl (C=O) groups is 3. The van der Waals surface area contributed by atoms with E-state index in [0.29, 0.717) is 18.5 Å². The zero-order chi connectivity index (χ0) is 14.7. The molecule has 0 aromatic heterocycles. The number of anilines is 1. The molecular formula is C13H14FN3O3. The number of nitrogens with one attached hydrogen (secondary N) is 1. The standard InChI is InChI=1S/C13H14FN3O3/c14-8-4-5-9-10(7-8)17(13(20)12(9)19)6-2-1-3-11(18)16-15/h4-5,7H,1-3,6,15H2,(H,16,18). The molecule has 0 saturated carbocycles. The maximum atomic E-state index is 13.2. The zero-order valence-electron chi connectivity index (χ0n) is 10.7. The molecule has 1 aromatic carbocycles. The minimum absolute atomic E-state index is 0.219. The molecule has 1 aliphatic heterocycles. The van der Waals surface area contributed by atoms with E-state index in [0.717, 1.165) is 6.07 Å². The Bertz CT molecular complexity index is 574. The molecule has 1 aromatic rings. The van der Waals surface area contributed by atoms with Crippen LogP contribution in [0.1, 0.15) is 29.6 Å². The summed E-state index contributed by atoms with van der Waals surface area (Å²) in [6.45, 7) is 0.263. The number of amides is 2. The normalized spacial score (nSPS) is 13.6. The molecule has 1 heterocycles. The number of benzene rings is 1. The number of hydrazine groups is 1. The van der Waals surface area contributed by atoms with Crippen LogP contribution in [0.3, 0.4) is 0 Å². The van der Waals surface area contributed by atoms with E-state index in [2.05, 4.69) is 0 Å². The van der Waals surface area contributed by atoms with Gasteiger partial charge in [0, 0.05) is 13.0 Å². The van der Waals surface area contributed by atoms with Crippen LogP contribution in [0.4, 0.5) is 10.1 Å². The number of hydrogen-bond acceptors (Lipinski definition) is 4. The molecule has 7 heteroatoms. The molecule has 0 atom stereocenters. The van der Waals surface area contributed by atoms with Crippen molar-refractivity contribution in [1.82, 2.24) is 5.43 Å². The van der Waals surface area contributed by atoms with Crippen LogP contribution in [-0.4, -0.2) is 24.1 Å². The van der Waals surface area contributed by atoms with Crippen LogP contribution >= 0.6 is 0 Å². The van der Waals surface area contributed by atoms with E-state index < -0.39 is 17.5 Å². The van der Waals surface area contributed by atoms with Gasteiger partial charge in [0.1, 0.15) is 5.82 Å². The lowest BCUT2D eigenvalue weighted by Gasteiger charge is -2.16. The Labute approximate surface area is 114 Å². The number of rotatable bonds is 5. The molecule has 0 radical (unpaired) electrons. The van der Waals surface area contributed by atoms with Gasteiger partial charge in [0.25, 0.3) is 11.7 Å². The van der Waals surface area contributed by atoms with E-state index in [1.165, 1.54) is 17.0 Å². The molecule has 0 fully saturated rings. The summed E-state index contributed by atoms with van der Waals surface area (Å²) in [7, 11) is 0. The van der Waals surface area contributed by atoms with Crippen LogP contribution in [0.25, 0.3) is 0 Å². The largest absolute Gasteiger partial charge is 0.305 e. The summed E-state index contributed by atoms with van der Waals surface area (Å²) in [5.74, 6) is 2.87. The number of unbranched alkanes of at least 4 members (excludes halogenated alkanes) is 1. The molecule has 106 valence electrons. The summed E-state index contributed by atoms with van der Waals surface area (Å²) >= 11 is 0. The first-order valence-electron chi connectivity index (χ1n) is 6.20. The van der Waals surface area contributed by atoms with Crippen molar-refractivity contribution in [3.8, 4) is 0 Å². The van der Waals surface area contributed by atoms with E-state index in [4.69, 9.17) is 5.84 Å². The van der Waals surface area contributed by atoms with Crippen molar-refractivity contribution in [2.24, 2.45) is 5.84 Å². The second-order valence-electron chi connectivity index (χ2n) is 4.47. The smallest absolute Gasteiger partial charge is 0.299 e. The van der Waals surface area contributed by atoms with E-state index in [9.17, 15) is 18.8 Å². The molecule has 20 heavy (non-hydrogen) atoms. The summed E-state index contributed by atoms with van der Waals surface area (Å²) < 4.78 is 13.2. The fourth-order valence-corrected chi connectivity index (χ4v) is 2.12. The Balaban J connectivity index is 2.02. The van der Waals surface area contributed by atoms with Crippen molar-refractivity contribution in [1.29, 1.82) is 0 Å². The summed E-state index contributed by atoms with van der Waals surface area (Å²) in [5.41, 5.74) is 2.52. The first kappa shape index (κ1) is 14.1. The lowest BCUT2D eigenvalue weighted by molar-refractivity contribution is -0.121. The molecule has 6 nitrogen and oxygen atoms in total. The van der Waals surface area contributed by atoms with Crippen LogP contribution < -0.4 is 16.2 Å². The highest BCUT2D eigenvalue weighted by atomic mass is 19.1. The molecule has 3 N–H and O–H groups in total. The first-order valence-corrected chi connectivity index (χ1v) is 6.20. The van der Waals surface area contributed by atoms with E-state index in [-0.39, 0.29) is 24.4 Å². The number of nitrogens with two attached hydrogens (primary N) is 1. The predicted molar refractivity (Wildman–Crippen MR) is 69.3 cm³/mol. The van der Waals surface area contributed by atoms with Gasteiger partial charge in [-0.2, -0.15) is 0 Å². The van der Waals surface area contributed by atoms with Gasteiger partial charge in [-0.1, -0.05) is 0 Å². The third kappa shape index (κ3) is 2.67. The second-order valence-corrected chi connectivity index (χ2v) is 4.47. The minimum Gasteiger partial charge on any atom is -0.305 e. The molecule has 2 rings (SSSR count). The highest BCUT2D eigenvalue weighted by Gasteiger charge is 2.35. The van der Waals surface area contributed by atoms with Crippen molar-refractivity contribution >= 4 is 23.3 Å². The quantitative estimate of drug-likeness (QED) is 0.270. The number of nitrogens with zero attached hydrogens (tertiary/aromatic N) is 1. The SMILES string of the molecule is NNC(=O)CCCCN1C(=O)C(=O)c2ccc(F)cc21. The van der Waals surface area contributed by atoms with Crippen LogP contribution in [0.5, 0.6) is 0 Å². The number of carbonyl (C=O) groups excluding carboxylic acids is 3. The Morgan fingerprint density at radius 3 is 2.75 bits per heavy atom. The van der Waals surface area contributed by atoms with Crippen molar-refractivity contribution in [2.75, 3.05) is 11.4 Å². The molecule has 0 spiro atoms. The summed E-state index contributed by atoms with van der Waals surface area (Å²) in [5, 5.41) is 0. The third-order valence-corrected chi connectivity index (χ3v) is 3.13. The van der Waals surface area contributed by atoms with Crippen molar-refractivity contribution < 1.29 is 18.8 Å².